The van der Waals surface area contributed by atoms with E-state index in [4.69, 9.17) is 0 Å². The Morgan fingerprint density at radius 1 is 1.14 bits per heavy atom. The molecule has 0 radical (unpaired) electrons. The van der Waals surface area contributed by atoms with Gasteiger partial charge in [0.05, 0.1) is 5.56 Å². The van der Waals surface area contributed by atoms with E-state index in [1.807, 2.05) is 42.5 Å². The van der Waals surface area contributed by atoms with Crippen LogP contribution < -0.4 is 10.6 Å². The van der Waals surface area contributed by atoms with E-state index in [0.717, 1.165) is 41.1 Å². The number of rotatable bonds is 3. The van der Waals surface area contributed by atoms with Crippen LogP contribution in [-0.4, -0.2) is 24.8 Å². The van der Waals surface area contributed by atoms with Crippen LogP contribution in [0.25, 0.3) is 0 Å². The van der Waals surface area contributed by atoms with Gasteiger partial charge in [-0.2, -0.15) is 0 Å². The number of aliphatic imine (C=N–C) groups is 1. The summed E-state index contributed by atoms with van der Waals surface area (Å²) in [5.74, 6) is 0.795. The highest BCUT2D eigenvalue weighted by Crippen LogP contribution is 2.18. The summed E-state index contributed by atoms with van der Waals surface area (Å²) in [4.78, 5) is 16.7. The number of carbonyl (C=O) groups is 1. The maximum absolute atomic E-state index is 12.2. The molecular weight excluding hydrogens is 342 g/mol. The summed E-state index contributed by atoms with van der Waals surface area (Å²) in [6.07, 6.45) is 1.07. The van der Waals surface area contributed by atoms with E-state index in [1.165, 1.54) is 0 Å². The van der Waals surface area contributed by atoms with Crippen molar-refractivity contribution in [2.24, 2.45) is 4.99 Å². The number of carbonyl (C=O) groups excluding carboxylic acids is 1. The molecule has 1 aliphatic rings. The van der Waals surface area contributed by atoms with Gasteiger partial charge in [0, 0.05) is 28.8 Å². The van der Waals surface area contributed by atoms with E-state index in [-0.39, 0.29) is 5.91 Å². The van der Waals surface area contributed by atoms with Gasteiger partial charge in [-0.15, -0.1) is 0 Å². The first kappa shape index (κ1) is 14.8. The molecule has 0 saturated heterocycles. The number of anilines is 1. The Morgan fingerprint density at radius 2 is 1.91 bits per heavy atom. The molecule has 0 atom stereocenters. The van der Waals surface area contributed by atoms with Crippen LogP contribution in [0, 0.1) is 0 Å². The highest BCUT2D eigenvalue weighted by molar-refractivity contribution is 9.10. The Bertz CT molecular complexity index is 710. The minimum absolute atomic E-state index is 0.131. The van der Waals surface area contributed by atoms with E-state index in [0.29, 0.717) is 5.56 Å². The largest absolute Gasteiger partial charge is 0.370 e. The van der Waals surface area contributed by atoms with Gasteiger partial charge in [0.2, 0.25) is 0 Å². The molecule has 0 saturated carbocycles. The number of benzene rings is 2. The van der Waals surface area contributed by atoms with E-state index in [9.17, 15) is 4.79 Å². The van der Waals surface area contributed by atoms with Gasteiger partial charge >= 0.3 is 0 Å². The summed E-state index contributed by atoms with van der Waals surface area (Å²) in [6, 6.07) is 15.1. The predicted octanol–water partition coefficient (Wildman–Crippen LogP) is 3.44. The van der Waals surface area contributed by atoms with Gasteiger partial charge in [-0.05, 0) is 58.7 Å². The van der Waals surface area contributed by atoms with Crippen molar-refractivity contribution in [1.29, 1.82) is 0 Å². The second kappa shape index (κ2) is 6.75. The first-order valence-electron chi connectivity index (χ1n) is 7.19. The Kier molecular flexibility index (Phi) is 4.53. The second-order valence-electron chi connectivity index (χ2n) is 5.02. The molecule has 1 aliphatic heterocycles. The number of nitrogens with zero attached hydrogens (tertiary/aromatic N) is 1. The number of amides is 1. The maximum atomic E-state index is 12.2. The Labute approximate surface area is 137 Å². The fourth-order valence-corrected chi connectivity index (χ4v) is 2.75. The second-order valence-corrected chi connectivity index (χ2v) is 5.88. The molecule has 0 aromatic heterocycles. The van der Waals surface area contributed by atoms with Crippen LogP contribution in [0.5, 0.6) is 0 Å². The minimum Gasteiger partial charge on any atom is -0.370 e. The lowest BCUT2D eigenvalue weighted by molar-refractivity contribution is 0.102. The summed E-state index contributed by atoms with van der Waals surface area (Å²) in [7, 11) is 0. The van der Waals surface area contributed by atoms with E-state index < -0.39 is 0 Å². The predicted molar refractivity (Wildman–Crippen MR) is 92.6 cm³/mol. The van der Waals surface area contributed by atoms with E-state index >= 15 is 0 Å². The van der Waals surface area contributed by atoms with Gasteiger partial charge < -0.3 is 10.6 Å². The van der Waals surface area contributed by atoms with Crippen LogP contribution in [0.1, 0.15) is 22.3 Å². The van der Waals surface area contributed by atoms with Crippen molar-refractivity contribution < 1.29 is 4.79 Å². The number of nitrogens with one attached hydrogen (secondary N) is 2. The molecule has 4 nitrogen and oxygen atoms in total. The topological polar surface area (TPSA) is 53.5 Å². The van der Waals surface area contributed by atoms with Gasteiger partial charge in [-0.3, -0.25) is 9.79 Å². The fraction of sp³-hybridized carbons (Fsp3) is 0.176. The first-order chi connectivity index (χ1) is 10.7. The Hall–Kier alpha value is -2.14. The highest BCUT2D eigenvalue weighted by atomic mass is 79.9. The lowest BCUT2D eigenvalue weighted by Crippen LogP contribution is -2.30. The molecule has 3 rings (SSSR count). The number of halogens is 1. The number of amidine groups is 1. The normalized spacial score (nSPS) is 14.0. The summed E-state index contributed by atoms with van der Waals surface area (Å²) < 4.78 is 0.782. The first-order valence-corrected chi connectivity index (χ1v) is 7.98. The molecule has 5 heteroatoms. The summed E-state index contributed by atoms with van der Waals surface area (Å²) in [5.41, 5.74) is 2.42. The Morgan fingerprint density at radius 3 is 2.59 bits per heavy atom. The van der Waals surface area contributed by atoms with Crippen molar-refractivity contribution in [3.63, 3.8) is 0 Å². The van der Waals surface area contributed by atoms with Crippen LogP contribution in [0.15, 0.2) is 58.0 Å². The van der Waals surface area contributed by atoms with E-state index in [2.05, 4.69) is 31.6 Å². The molecule has 0 aliphatic carbocycles. The van der Waals surface area contributed by atoms with Gasteiger partial charge in [-0.1, -0.05) is 12.1 Å². The molecule has 2 aromatic rings. The van der Waals surface area contributed by atoms with Crippen LogP contribution in [0.4, 0.5) is 5.69 Å². The lowest BCUT2D eigenvalue weighted by Gasteiger charge is -2.15. The molecule has 0 fully saturated rings. The van der Waals surface area contributed by atoms with Crippen molar-refractivity contribution in [2.45, 2.75) is 6.42 Å². The monoisotopic (exact) mass is 357 g/mol. The van der Waals surface area contributed by atoms with Crippen molar-refractivity contribution in [3.8, 4) is 0 Å². The molecule has 0 spiro atoms. The lowest BCUT2D eigenvalue weighted by atomic mass is 10.1. The SMILES string of the molecule is O=C(Nc1ccc(C2=NCCCN2)cc1)c1ccccc1Br. The zero-order valence-electron chi connectivity index (χ0n) is 12.0. The highest BCUT2D eigenvalue weighted by Gasteiger charge is 2.10. The number of hydrogen-bond acceptors (Lipinski definition) is 3. The molecule has 0 unspecified atom stereocenters. The third-order valence-corrected chi connectivity index (χ3v) is 4.12. The third kappa shape index (κ3) is 3.36. The molecule has 1 amide bonds. The van der Waals surface area contributed by atoms with Crippen molar-refractivity contribution >= 4 is 33.4 Å². The maximum Gasteiger partial charge on any atom is 0.256 e. The quantitative estimate of drug-likeness (QED) is 0.883. The van der Waals surface area contributed by atoms with Crippen LogP contribution in [-0.2, 0) is 0 Å². The van der Waals surface area contributed by atoms with Crippen LogP contribution in [0.2, 0.25) is 0 Å². The fourth-order valence-electron chi connectivity index (χ4n) is 2.28. The minimum atomic E-state index is -0.131. The number of hydrogen-bond donors (Lipinski definition) is 2. The standard InChI is InChI=1S/C17H16BrN3O/c18-15-5-2-1-4-14(15)17(22)21-13-8-6-12(7-9-13)16-19-10-3-11-20-16/h1-2,4-9H,3,10-11H2,(H,19,20)(H,21,22). The zero-order chi connectivity index (χ0) is 15.4. The molecule has 112 valence electrons. The smallest absolute Gasteiger partial charge is 0.256 e. The molecule has 22 heavy (non-hydrogen) atoms. The molecule has 0 bridgehead atoms. The van der Waals surface area contributed by atoms with Crippen molar-refractivity contribution in [2.75, 3.05) is 18.4 Å². The average Bonchev–Trinajstić information content (AvgIpc) is 2.57. The summed E-state index contributed by atoms with van der Waals surface area (Å²) in [5, 5.41) is 6.19. The third-order valence-electron chi connectivity index (χ3n) is 3.43. The van der Waals surface area contributed by atoms with E-state index in [1.54, 1.807) is 6.07 Å². The Balaban J connectivity index is 1.72. The van der Waals surface area contributed by atoms with Gasteiger partial charge in [0.15, 0.2) is 0 Å². The average molecular weight is 358 g/mol. The van der Waals surface area contributed by atoms with Gasteiger partial charge in [-0.25, -0.2) is 0 Å². The van der Waals surface area contributed by atoms with Crippen molar-refractivity contribution in [3.05, 3.63) is 64.1 Å². The molecular formula is C17H16BrN3O. The van der Waals surface area contributed by atoms with Crippen LogP contribution >= 0.6 is 15.9 Å². The van der Waals surface area contributed by atoms with Gasteiger partial charge in [0.1, 0.15) is 5.84 Å². The molecule has 1 heterocycles. The van der Waals surface area contributed by atoms with Crippen LogP contribution in [0.3, 0.4) is 0 Å². The summed E-state index contributed by atoms with van der Waals surface area (Å²) >= 11 is 3.39. The zero-order valence-corrected chi connectivity index (χ0v) is 13.6. The van der Waals surface area contributed by atoms with Crippen molar-refractivity contribution in [1.82, 2.24) is 5.32 Å². The molecule has 2 N–H and O–H groups in total. The molecule has 2 aromatic carbocycles. The summed E-state index contributed by atoms with van der Waals surface area (Å²) in [6.45, 7) is 1.82. The van der Waals surface area contributed by atoms with Gasteiger partial charge in [0.25, 0.3) is 5.91 Å².